The number of para-hydroxylation sites is 1. The summed E-state index contributed by atoms with van der Waals surface area (Å²) in [4.78, 5) is 17.2. The van der Waals surface area contributed by atoms with Crippen molar-refractivity contribution in [2.75, 3.05) is 17.3 Å². The number of carbonyl (C=O) groups is 1. The monoisotopic (exact) mass is 545 g/mol. The van der Waals surface area contributed by atoms with Crippen LogP contribution >= 0.6 is 34.9 Å². The van der Waals surface area contributed by atoms with Gasteiger partial charge in [0.1, 0.15) is 5.82 Å². The van der Waals surface area contributed by atoms with Gasteiger partial charge < -0.3 is 9.88 Å². The van der Waals surface area contributed by atoms with Gasteiger partial charge in [-0.1, -0.05) is 66.0 Å². The molecule has 1 N–H and O–H groups in total. The van der Waals surface area contributed by atoms with Crippen LogP contribution in [-0.4, -0.2) is 57.4 Å². The van der Waals surface area contributed by atoms with Crippen LogP contribution < -0.4 is 5.32 Å². The summed E-state index contributed by atoms with van der Waals surface area (Å²) in [7, 11) is -3.04. The van der Waals surface area contributed by atoms with E-state index in [1.54, 1.807) is 23.1 Å². The zero-order chi connectivity index (χ0) is 24.3. The molecule has 182 valence electrons. The third kappa shape index (κ3) is 6.24. The number of benzene rings is 2. The molecule has 1 fully saturated rings. The molecule has 5 rings (SSSR count). The predicted octanol–water partition coefficient (Wildman–Crippen LogP) is 3.62. The highest BCUT2D eigenvalue weighted by Gasteiger charge is 2.29. The first-order chi connectivity index (χ1) is 16.9. The van der Waals surface area contributed by atoms with E-state index in [1.165, 1.54) is 11.8 Å². The first kappa shape index (κ1) is 24.3. The van der Waals surface area contributed by atoms with Gasteiger partial charge in [-0.15, -0.1) is 21.5 Å². The fourth-order valence-corrected chi connectivity index (χ4v) is 8.25. The molecule has 3 heterocycles. The van der Waals surface area contributed by atoms with Gasteiger partial charge in [-0.05, 0) is 24.1 Å². The number of nitrogens with zero attached hydrogens (tertiary/aromatic N) is 4. The van der Waals surface area contributed by atoms with Gasteiger partial charge in [-0.2, -0.15) is 0 Å². The van der Waals surface area contributed by atoms with E-state index in [2.05, 4.69) is 26.6 Å². The van der Waals surface area contributed by atoms with E-state index in [9.17, 15) is 13.2 Å². The smallest absolute Gasteiger partial charge is 0.230 e. The number of nitrogens with one attached hydrogen (secondary N) is 1. The molecule has 12 heteroatoms. The second-order valence-corrected chi connectivity index (χ2v) is 13.6. The Morgan fingerprint density at radius 1 is 1.09 bits per heavy atom. The van der Waals surface area contributed by atoms with Crippen LogP contribution in [0.25, 0.3) is 10.2 Å². The van der Waals surface area contributed by atoms with Crippen LogP contribution in [0.3, 0.4) is 0 Å². The molecular formula is C23H23N5O3S4. The van der Waals surface area contributed by atoms with E-state index >= 15 is 0 Å². The van der Waals surface area contributed by atoms with E-state index in [-0.39, 0.29) is 29.2 Å². The lowest BCUT2D eigenvalue weighted by Gasteiger charge is -2.12. The molecule has 0 aliphatic carbocycles. The molecule has 2 aromatic heterocycles. The average Bonchev–Trinajstić information content (AvgIpc) is 3.53. The molecule has 35 heavy (non-hydrogen) atoms. The average molecular weight is 546 g/mol. The van der Waals surface area contributed by atoms with Gasteiger partial charge in [0, 0.05) is 6.04 Å². The van der Waals surface area contributed by atoms with Gasteiger partial charge in [0.15, 0.2) is 19.3 Å². The summed E-state index contributed by atoms with van der Waals surface area (Å²) in [6.07, 6.45) is 0.468. The van der Waals surface area contributed by atoms with Crippen LogP contribution in [0.1, 0.15) is 17.8 Å². The zero-order valence-electron chi connectivity index (χ0n) is 18.7. The van der Waals surface area contributed by atoms with Crippen molar-refractivity contribution in [1.82, 2.24) is 25.1 Å². The normalized spacial score (nSPS) is 17.1. The predicted molar refractivity (Wildman–Crippen MR) is 141 cm³/mol. The van der Waals surface area contributed by atoms with Gasteiger partial charge in [0.05, 0.1) is 39.8 Å². The summed E-state index contributed by atoms with van der Waals surface area (Å²) < 4.78 is 27.5. The Labute approximate surface area is 215 Å². The summed E-state index contributed by atoms with van der Waals surface area (Å²) in [6, 6.07) is 17.8. The Balaban J connectivity index is 1.28. The largest absolute Gasteiger partial charge is 0.352 e. The van der Waals surface area contributed by atoms with Gasteiger partial charge in [-0.25, -0.2) is 13.4 Å². The molecular weight excluding hydrogens is 523 g/mol. The fraction of sp³-hybridized carbons (Fsp3) is 0.304. The molecule has 0 spiro atoms. The quantitative estimate of drug-likeness (QED) is 0.318. The first-order valence-corrected chi connectivity index (χ1v) is 15.6. The maximum absolute atomic E-state index is 12.5. The molecule has 1 atom stereocenters. The van der Waals surface area contributed by atoms with Crippen molar-refractivity contribution >= 4 is 60.8 Å². The number of fused-ring (bicyclic) bond motifs is 1. The molecule has 0 bridgehead atoms. The van der Waals surface area contributed by atoms with Crippen LogP contribution in [-0.2, 0) is 26.9 Å². The summed E-state index contributed by atoms with van der Waals surface area (Å²) in [6.45, 7) is 0.592. The number of thioether (sulfide) groups is 2. The fourth-order valence-electron chi connectivity index (χ4n) is 3.80. The van der Waals surface area contributed by atoms with Gasteiger partial charge in [0.2, 0.25) is 5.91 Å². The van der Waals surface area contributed by atoms with Gasteiger partial charge >= 0.3 is 0 Å². The summed E-state index contributed by atoms with van der Waals surface area (Å²) >= 11 is 4.59. The van der Waals surface area contributed by atoms with Gasteiger partial charge in [-0.3, -0.25) is 4.79 Å². The van der Waals surface area contributed by atoms with Crippen LogP contribution in [0, 0.1) is 0 Å². The molecule has 1 amide bonds. The molecule has 4 aromatic rings. The van der Waals surface area contributed by atoms with Crippen molar-refractivity contribution < 1.29 is 13.2 Å². The van der Waals surface area contributed by atoms with Crippen molar-refractivity contribution in [2.45, 2.75) is 34.3 Å². The summed E-state index contributed by atoms with van der Waals surface area (Å²) in [5, 5.41) is 12.3. The Morgan fingerprint density at radius 2 is 1.89 bits per heavy atom. The summed E-state index contributed by atoms with van der Waals surface area (Å²) in [5.41, 5.74) is 2.10. The minimum absolute atomic E-state index is 0.0146. The van der Waals surface area contributed by atoms with E-state index in [1.807, 2.05) is 53.1 Å². The van der Waals surface area contributed by atoms with Crippen molar-refractivity contribution in [3.05, 3.63) is 66.0 Å². The van der Waals surface area contributed by atoms with E-state index in [0.717, 1.165) is 25.9 Å². The topological polar surface area (TPSA) is 107 Å². The minimum atomic E-state index is -3.04. The maximum Gasteiger partial charge on any atom is 0.230 e. The molecule has 0 saturated carbocycles. The molecule has 8 nitrogen and oxygen atoms in total. The second-order valence-electron chi connectivity index (χ2n) is 8.16. The molecule has 1 aliphatic heterocycles. The van der Waals surface area contributed by atoms with E-state index in [4.69, 9.17) is 0 Å². The highest BCUT2D eigenvalue weighted by Crippen LogP contribution is 2.32. The summed E-state index contributed by atoms with van der Waals surface area (Å²) in [5.74, 6) is 1.51. The number of amides is 1. The van der Waals surface area contributed by atoms with Crippen molar-refractivity contribution in [1.29, 1.82) is 0 Å². The van der Waals surface area contributed by atoms with Crippen LogP contribution in [0.5, 0.6) is 0 Å². The van der Waals surface area contributed by atoms with Crippen molar-refractivity contribution in [2.24, 2.45) is 0 Å². The second kappa shape index (κ2) is 10.7. The van der Waals surface area contributed by atoms with Crippen LogP contribution in [0.2, 0.25) is 0 Å². The highest BCUT2D eigenvalue weighted by molar-refractivity contribution is 8.00. The molecule has 0 radical (unpaired) electrons. The van der Waals surface area contributed by atoms with Crippen molar-refractivity contribution in [3.8, 4) is 0 Å². The number of sulfone groups is 1. The molecule has 1 saturated heterocycles. The third-order valence-corrected chi connectivity index (χ3v) is 10.4. The SMILES string of the molecule is O=C(CSc1nnc(CSc2nc3ccccc3s2)n1Cc1ccccc1)NC1CCS(=O)(=O)C1. The first-order valence-electron chi connectivity index (χ1n) is 11.0. The lowest BCUT2D eigenvalue weighted by Crippen LogP contribution is -2.36. The standard InChI is InChI=1S/C23H23N5O3S4/c29-21(24-17-10-11-35(30,31)15-17)14-32-22-27-26-20(28(22)12-16-6-2-1-3-7-16)13-33-23-25-18-8-4-5-9-19(18)34-23/h1-9,17H,10-15H2,(H,24,29). The number of hydrogen-bond donors (Lipinski definition) is 1. The lowest BCUT2D eigenvalue weighted by molar-refractivity contribution is -0.119. The Hall–Kier alpha value is -2.41. The van der Waals surface area contributed by atoms with Crippen LogP contribution in [0.15, 0.2) is 64.1 Å². The van der Waals surface area contributed by atoms with Crippen molar-refractivity contribution in [3.63, 3.8) is 0 Å². The minimum Gasteiger partial charge on any atom is -0.352 e. The number of rotatable bonds is 9. The number of hydrogen-bond acceptors (Lipinski definition) is 9. The van der Waals surface area contributed by atoms with E-state index in [0.29, 0.717) is 23.9 Å². The number of thiazole rings is 1. The Bertz CT molecular complexity index is 1400. The van der Waals surface area contributed by atoms with E-state index < -0.39 is 9.84 Å². The Kier molecular flexibility index (Phi) is 7.42. The highest BCUT2D eigenvalue weighted by atomic mass is 32.2. The lowest BCUT2D eigenvalue weighted by atomic mass is 10.2. The Morgan fingerprint density at radius 3 is 2.66 bits per heavy atom. The zero-order valence-corrected chi connectivity index (χ0v) is 21.9. The number of aromatic nitrogens is 4. The van der Waals surface area contributed by atoms with Crippen LogP contribution in [0.4, 0.5) is 0 Å². The third-order valence-electron chi connectivity index (χ3n) is 5.51. The molecule has 1 unspecified atom stereocenters. The molecule has 1 aliphatic rings. The van der Waals surface area contributed by atoms with Gasteiger partial charge in [0.25, 0.3) is 0 Å². The number of carbonyl (C=O) groups excluding carboxylic acids is 1. The molecule has 2 aromatic carbocycles. The maximum atomic E-state index is 12.5.